The third kappa shape index (κ3) is 2.63. The molecule has 3 aromatic rings. The molecule has 0 saturated carbocycles. The summed E-state index contributed by atoms with van der Waals surface area (Å²) >= 11 is 1.44. The number of nitrogens with zero attached hydrogens (tertiary/aromatic N) is 3. The van der Waals surface area contributed by atoms with E-state index >= 15 is 0 Å². The highest BCUT2D eigenvalue weighted by atomic mass is 32.1. The molecule has 3 rings (SSSR count). The van der Waals surface area contributed by atoms with E-state index in [0.29, 0.717) is 4.88 Å². The van der Waals surface area contributed by atoms with Crippen LogP contribution in [-0.4, -0.2) is 27.5 Å². The van der Waals surface area contributed by atoms with E-state index in [0.717, 1.165) is 21.7 Å². The Morgan fingerprint density at radius 3 is 2.65 bits per heavy atom. The molecule has 0 saturated heterocycles. The molecule has 1 N–H and O–H groups in total. The van der Waals surface area contributed by atoms with Crippen LogP contribution >= 0.6 is 11.3 Å². The zero-order valence-corrected chi connectivity index (χ0v) is 14.8. The van der Waals surface area contributed by atoms with Crippen LogP contribution in [0.15, 0.2) is 18.5 Å². The molecule has 1 amide bonds. The first kappa shape index (κ1) is 15.7. The van der Waals surface area contributed by atoms with Crippen molar-refractivity contribution in [3.05, 3.63) is 45.2 Å². The van der Waals surface area contributed by atoms with Gasteiger partial charge >= 0.3 is 0 Å². The van der Waals surface area contributed by atoms with Crippen molar-refractivity contribution in [3.8, 4) is 0 Å². The van der Waals surface area contributed by atoms with Crippen molar-refractivity contribution in [1.29, 1.82) is 0 Å². The maximum Gasteiger partial charge on any atom is 0.263 e. The molecule has 6 heteroatoms. The van der Waals surface area contributed by atoms with Crippen molar-refractivity contribution in [2.24, 2.45) is 0 Å². The summed E-state index contributed by atoms with van der Waals surface area (Å²) in [7, 11) is 1.64. The summed E-state index contributed by atoms with van der Waals surface area (Å²) in [5.41, 5.74) is 5.33. The van der Waals surface area contributed by atoms with Crippen LogP contribution in [0.2, 0.25) is 0 Å². The minimum Gasteiger partial charge on any atom is -0.354 e. The summed E-state index contributed by atoms with van der Waals surface area (Å²) in [5, 5.41) is 3.58. The van der Waals surface area contributed by atoms with Crippen molar-refractivity contribution in [2.45, 2.75) is 33.7 Å². The molecule has 0 bridgehead atoms. The van der Waals surface area contributed by atoms with Crippen LogP contribution in [0.4, 0.5) is 0 Å². The fourth-order valence-corrected chi connectivity index (χ4v) is 3.69. The topological polar surface area (TPSA) is 59.8 Å². The number of fused-ring (bicyclic) bond motifs is 1. The maximum atomic E-state index is 11.9. The van der Waals surface area contributed by atoms with Gasteiger partial charge in [0.25, 0.3) is 5.91 Å². The molecule has 120 valence electrons. The lowest BCUT2D eigenvalue weighted by atomic mass is 10.1. The van der Waals surface area contributed by atoms with Crippen molar-refractivity contribution < 1.29 is 4.79 Å². The van der Waals surface area contributed by atoms with Crippen molar-refractivity contribution in [3.63, 3.8) is 0 Å². The Hall–Kier alpha value is -2.21. The average Bonchev–Trinajstić information content (AvgIpc) is 3.10. The Labute approximate surface area is 139 Å². The molecule has 0 radical (unpaired) electrons. The molecule has 0 unspecified atom stereocenters. The number of carbonyl (C=O) groups excluding carboxylic acids is 1. The highest BCUT2D eigenvalue weighted by Crippen LogP contribution is 2.29. The Morgan fingerprint density at radius 1 is 1.26 bits per heavy atom. The van der Waals surface area contributed by atoms with Gasteiger partial charge in [-0.1, -0.05) is 0 Å². The number of amides is 1. The fourth-order valence-electron chi connectivity index (χ4n) is 2.63. The first-order chi connectivity index (χ1) is 10.9. The lowest BCUT2D eigenvalue weighted by molar-refractivity contribution is 0.0966. The number of benzene rings is 1. The summed E-state index contributed by atoms with van der Waals surface area (Å²) in [5.74, 6) is -0.0830. The quantitative estimate of drug-likeness (QED) is 0.802. The largest absolute Gasteiger partial charge is 0.354 e. The molecular weight excluding hydrogens is 308 g/mol. The van der Waals surface area contributed by atoms with Gasteiger partial charge in [0.2, 0.25) is 0 Å². The number of rotatable bonds is 3. The second-order valence-electron chi connectivity index (χ2n) is 5.80. The Morgan fingerprint density at radius 2 is 1.96 bits per heavy atom. The van der Waals surface area contributed by atoms with Crippen LogP contribution in [0, 0.1) is 20.8 Å². The van der Waals surface area contributed by atoms with Gasteiger partial charge in [0.15, 0.2) is 0 Å². The van der Waals surface area contributed by atoms with E-state index in [1.165, 1.54) is 22.5 Å². The van der Waals surface area contributed by atoms with Gasteiger partial charge in [-0.15, -0.1) is 11.3 Å². The van der Waals surface area contributed by atoms with Gasteiger partial charge in [-0.2, -0.15) is 0 Å². The number of aryl methyl sites for hydroxylation is 3. The molecule has 1 aromatic carbocycles. The molecule has 1 atom stereocenters. The third-order valence-corrected chi connectivity index (χ3v) is 5.54. The van der Waals surface area contributed by atoms with Gasteiger partial charge < -0.3 is 9.88 Å². The summed E-state index contributed by atoms with van der Waals surface area (Å²) in [6, 6.07) is 4.30. The maximum absolute atomic E-state index is 11.9. The van der Waals surface area contributed by atoms with Crippen LogP contribution in [0.25, 0.3) is 11.0 Å². The number of thiazole rings is 1. The summed E-state index contributed by atoms with van der Waals surface area (Å²) in [4.78, 5) is 21.7. The smallest absolute Gasteiger partial charge is 0.263 e. The van der Waals surface area contributed by atoms with E-state index in [1.54, 1.807) is 7.05 Å². The molecule has 0 aliphatic rings. The number of carbonyl (C=O) groups is 1. The van der Waals surface area contributed by atoms with Gasteiger partial charge in [0.05, 0.1) is 29.1 Å². The Balaban J connectivity index is 2.05. The molecule has 0 fully saturated rings. The number of hydrogen-bond donors (Lipinski definition) is 1. The Bertz CT molecular complexity index is 894. The zero-order valence-electron chi connectivity index (χ0n) is 14.0. The molecule has 0 aliphatic heterocycles. The molecule has 23 heavy (non-hydrogen) atoms. The molecular formula is C17H20N4OS. The Kier molecular flexibility index (Phi) is 3.93. The molecule has 2 aromatic heterocycles. The zero-order chi connectivity index (χ0) is 16.7. The van der Waals surface area contributed by atoms with E-state index in [2.05, 4.69) is 52.8 Å². The summed E-state index contributed by atoms with van der Waals surface area (Å²) < 4.78 is 2.12. The van der Waals surface area contributed by atoms with Gasteiger partial charge in [0.1, 0.15) is 9.88 Å². The second-order valence-corrected chi connectivity index (χ2v) is 6.83. The summed E-state index contributed by atoms with van der Waals surface area (Å²) in [6.45, 7) is 8.16. The molecule has 0 aliphatic carbocycles. The predicted octanol–water partition coefficient (Wildman–Crippen LogP) is 3.39. The summed E-state index contributed by atoms with van der Waals surface area (Å²) in [6.07, 6.45) is 1.85. The van der Waals surface area contributed by atoms with Gasteiger partial charge in [-0.3, -0.25) is 4.79 Å². The number of imidazole rings is 1. The first-order valence-electron chi connectivity index (χ1n) is 7.55. The SMILES string of the molecule is CNC(=O)c1sc([C@@H](C)n2cnc3cc(C)c(C)cc32)nc1C. The van der Waals surface area contributed by atoms with Crippen LogP contribution in [0.3, 0.4) is 0 Å². The van der Waals surface area contributed by atoms with Crippen LogP contribution in [-0.2, 0) is 0 Å². The molecule has 0 spiro atoms. The fraction of sp³-hybridized carbons (Fsp3) is 0.353. The lowest BCUT2D eigenvalue weighted by Crippen LogP contribution is -2.17. The highest BCUT2D eigenvalue weighted by molar-refractivity contribution is 7.13. The molecule has 5 nitrogen and oxygen atoms in total. The van der Waals surface area contributed by atoms with Crippen molar-refractivity contribution >= 4 is 28.3 Å². The van der Waals surface area contributed by atoms with Crippen LogP contribution in [0.5, 0.6) is 0 Å². The van der Waals surface area contributed by atoms with E-state index in [-0.39, 0.29) is 11.9 Å². The highest BCUT2D eigenvalue weighted by Gasteiger charge is 2.20. The predicted molar refractivity (Wildman–Crippen MR) is 93.3 cm³/mol. The van der Waals surface area contributed by atoms with E-state index in [1.807, 2.05) is 13.3 Å². The third-order valence-electron chi connectivity index (χ3n) is 4.21. The van der Waals surface area contributed by atoms with Crippen molar-refractivity contribution in [2.75, 3.05) is 7.05 Å². The first-order valence-corrected chi connectivity index (χ1v) is 8.37. The van der Waals surface area contributed by atoms with Gasteiger partial charge in [-0.05, 0) is 51.0 Å². The second kappa shape index (κ2) is 5.77. The number of aromatic nitrogens is 3. The van der Waals surface area contributed by atoms with E-state index < -0.39 is 0 Å². The molecule has 2 heterocycles. The minimum absolute atomic E-state index is 0.0317. The number of hydrogen-bond acceptors (Lipinski definition) is 4. The lowest BCUT2D eigenvalue weighted by Gasteiger charge is -2.12. The average molecular weight is 328 g/mol. The number of nitrogens with one attached hydrogen (secondary N) is 1. The van der Waals surface area contributed by atoms with Crippen molar-refractivity contribution in [1.82, 2.24) is 19.9 Å². The minimum atomic E-state index is -0.0830. The van der Waals surface area contributed by atoms with E-state index in [4.69, 9.17) is 0 Å². The normalized spacial score (nSPS) is 12.6. The van der Waals surface area contributed by atoms with Gasteiger partial charge in [0, 0.05) is 7.05 Å². The van der Waals surface area contributed by atoms with Crippen LogP contribution in [0.1, 0.15) is 44.5 Å². The van der Waals surface area contributed by atoms with Crippen LogP contribution < -0.4 is 5.32 Å². The van der Waals surface area contributed by atoms with Gasteiger partial charge in [-0.25, -0.2) is 9.97 Å². The monoisotopic (exact) mass is 328 g/mol. The standard InChI is InChI=1S/C17H20N4OS/c1-9-6-13-14(7-10(9)2)21(8-19-13)12(4)17-20-11(3)15(23-17)16(22)18-5/h6-8,12H,1-5H3,(H,18,22)/t12-/m1/s1. The van der Waals surface area contributed by atoms with E-state index in [9.17, 15) is 4.79 Å².